The second-order valence-electron chi connectivity index (χ2n) is 6.20. The Hall–Kier alpha value is 0.630. The average molecular weight is 323 g/mol. The molecule has 0 saturated heterocycles. The SMILES string of the molecule is COP(=O)(OC)C12CC3CC(CC(Br)(C3)C1)C2. The van der Waals surface area contributed by atoms with Crippen molar-refractivity contribution in [2.75, 3.05) is 14.2 Å². The number of hydrogen-bond acceptors (Lipinski definition) is 3. The zero-order chi connectivity index (χ0) is 12.3. The van der Waals surface area contributed by atoms with Crippen LogP contribution in [0, 0.1) is 11.8 Å². The molecule has 4 fully saturated rings. The number of hydrogen-bond donors (Lipinski definition) is 0. The summed E-state index contributed by atoms with van der Waals surface area (Å²) >= 11 is 3.91. The van der Waals surface area contributed by atoms with E-state index in [9.17, 15) is 4.57 Å². The smallest absolute Gasteiger partial charge is 0.312 e. The number of alkyl halides is 1. The van der Waals surface area contributed by atoms with Gasteiger partial charge >= 0.3 is 7.60 Å². The summed E-state index contributed by atoms with van der Waals surface area (Å²) in [6, 6.07) is 0. The van der Waals surface area contributed by atoms with E-state index in [-0.39, 0.29) is 9.48 Å². The van der Waals surface area contributed by atoms with Gasteiger partial charge in [0.2, 0.25) is 0 Å². The van der Waals surface area contributed by atoms with E-state index in [2.05, 4.69) is 15.9 Å². The van der Waals surface area contributed by atoms with Crippen molar-refractivity contribution in [3.8, 4) is 0 Å². The summed E-state index contributed by atoms with van der Waals surface area (Å²) in [6.45, 7) is 0. The zero-order valence-corrected chi connectivity index (χ0v) is 12.9. The lowest BCUT2D eigenvalue weighted by Gasteiger charge is -2.60. The van der Waals surface area contributed by atoms with Crippen LogP contribution in [-0.4, -0.2) is 23.7 Å². The lowest BCUT2D eigenvalue weighted by atomic mass is 9.56. The molecule has 4 saturated carbocycles. The summed E-state index contributed by atoms with van der Waals surface area (Å²) in [5, 5.41) is -0.218. The van der Waals surface area contributed by atoms with Crippen LogP contribution in [0.25, 0.3) is 0 Å². The Bertz CT molecular complexity index is 362. The monoisotopic (exact) mass is 322 g/mol. The van der Waals surface area contributed by atoms with Crippen molar-refractivity contribution < 1.29 is 13.6 Å². The highest BCUT2D eigenvalue weighted by molar-refractivity contribution is 9.10. The quantitative estimate of drug-likeness (QED) is 0.582. The molecule has 0 N–H and O–H groups in total. The molecule has 0 spiro atoms. The van der Waals surface area contributed by atoms with Crippen molar-refractivity contribution in [1.82, 2.24) is 0 Å². The summed E-state index contributed by atoms with van der Waals surface area (Å²) in [5.41, 5.74) is 0. The van der Waals surface area contributed by atoms with Gasteiger partial charge in [0.15, 0.2) is 0 Å². The molecule has 0 aliphatic heterocycles. The van der Waals surface area contributed by atoms with Crippen molar-refractivity contribution in [3.63, 3.8) is 0 Å². The Morgan fingerprint density at radius 3 is 2.06 bits per heavy atom. The maximum atomic E-state index is 12.9. The van der Waals surface area contributed by atoms with Gasteiger partial charge in [-0.25, -0.2) is 0 Å². The summed E-state index contributed by atoms with van der Waals surface area (Å²) in [5.74, 6) is 1.41. The first kappa shape index (κ1) is 12.7. The van der Waals surface area contributed by atoms with E-state index < -0.39 is 7.60 Å². The molecule has 2 unspecified atom stereocenters. The molecule has 0 radical (unpaired) electrons. The Labute approximate surface area is 111 Å². The zero-order valence-electron chi connectivity index (χ0n) is 10.4. The molecule has 17 heavy (non-hydrogen) atoms. The first-order valence-electron chi connectivity index (χ1n) is 6.35. The minimum absolute atomic E-state index is 0.198. The Morgan fingerprint density at radius 1 is 1.12 bits per heavy atom. The molecule has 4 rings (SSSR count). The van der Waals surface area contributed by atoms with Crippen LogP contribution < -0.4 is 0 Å². The van der Waals surface area contributed by atoms with Crippen molar-refractivity contribution in [3.05, 3.63) is 0 Å². The Balaban J connectivity index is 2.01. The largest absolute Gasteiger partial charge is 0.336 e. The molecule has 3 nitrogen and oxygen atoms in total. The van der Waals surface area contributed by atoms with E-state index in [1.165, 1.54) is 33.5 Å². The van der Waals surface area contributed by atoms with Gasteiger partial charge in [-0.05, 0) is 50.4 Å². The molecule has 0 amide bonds. The van der Waals surface area contributed by atoms with E-state index in [1.807, 2.05) is 0 Å². The van der Waals surface area contributed by atoms with Crippen LogP contribution in [0.3, 0.4) is 0 Å². The Morgan fingerprint density at radius 2 is 1.65 bits per heavy atom. The fourth-order valence-corrected chi connectivity index (χ4v) is 8.94. The standard InChI is InChI=1S/C12H20BrO3P/c1-15-17(14,16-2)12-6-9-3-10(7-12)5-11(13,4-9)8-12/h9-10H,3-8H2,1-2H3. The minimum atomic E-state index is -2.95. The van der Waals surface area contributed by atoms with E-state index in [1.54, 1.807) is 0 Å². The lowest BCUT2D eigenvalue weighted by Crippen LogP contribution is -2.56. The van der Waals surface area contributed by atoms with Gasteiger partial charge in [0.05, 0.1) is 5.16 Å². The highest BCUT2D eigenvalue weighted by Gasteiger charge is 2.64. The molecule has 4 aliphatic rings. The summed E-state index contributed by atoms with van der Waals surface area (Å²) in [4.78, 5) is 0. The molecule has 5 heteroatoms. The molecular weight excluding hydrogens is 303 g/mol. The van der Waals surface area contributed by atoms with Gasteiger partial charge in [0, 0.05) is 18.5 Å². The van der Waals surface area contributed by atoms with Crippen LogP contribution in [0.4, 0.5) is 0 Å². The van der Waals surface area contributed by atoms with Gasteiger partial charge in [0.1, 0.15) is 0 Å². The van der Waals surface area contributed by atoms with Crippen LogP contribution >= 0.6 is 23.5 Å². The molecule has 4 bridgehead atoms. The first-order chi connectivity index (χ1) is 7.94. The van der Waals surface area contributed by atoms with Gasteiger partial charge in [-0.2, -0.15) is 0 Å². The highest BCUT2D eigenvalue weighted by Crippen LogP contribution is 2.75. The normalized spacial score (nSPS) is 48.6. The van der Waals surface area contributed by atoms with Gasteiger partial charge in [0.25, 0.3) is 0 Å². The molecule has 0 aromatic rings. The first-order valence-corrected chi connectivity index (χ1v) is 8.68. The molecule has 98 valence electrons. The second kappa shape index (κ2) is 3.82. The third-order valence-corrected chi connectivity index (χ3v) is 8.59. The van der Waals surface area contributed by atoms with Gasteiger partial charge in [-0.15, -0.1) is 0 Å². The van der Waals surface area contributed by atoms with Crippen molar-refractivity contribution in [2.45, 2.75) is 48.0 Å². The third kappa shape index (κ3) is 1.71. The maximum absolute atomic E-state index is 12.9. The highest BCUT2D eigenvalue weighted by atomic mass is 79.9. The fourth-order valence-electron chi connectivity index (χ4n) is 4.89. The minimum Gasteiger partial charge on any atom is -0.312 e. The van der Waals surface area contributed by atoms with E-state index in [0.717, 1.165) is 19.3 Å². The molecular formula is C12H20BrO3P. The van der Waals surface area contributed by atoms with Gasteiger partial charge in [-0.1, -0.05) is 15.9 Å². The van der Waals surface area contributed by atoms with Crippen molar-refractivity contribution in [2.24, 2.45) is 11.8 Å². The average Bonchev–Trinajstić information content (AvgIpc) is 2.24. The maximum Gasteiger partial charge on any atom is 0.336 e. The summed E-state index contributed by atoms with van der Waals surface area (Å²) in [7, 11) is 0.110. The van der Waals surface area contributed by atoms with Crippen LogP contribution in [0.15, 0.2) is 0 Å². The lowest BCUT2D eigenvalue weighted by molar-refractivity contribution is 0.0389. The van der Waals surface area contributed by atoms with Crippen molar-refractivity contribution >= 4 is 23.5 Å². The predicted molar refractivity (Wildman–Crippen MR) is 70.7 cm³/mol. The predicted octanol–water partition coefficient (Wildman–Crippen LogP) is 3.96. The number of rotatable bonds is 3. The molecule has 4 aliphatic carbocycles. The Kier molecular flexibility index (Phi) is 2.84. The van der Waals surface area contributed by atoms with Gasteiger partial charge < -0.3 is 9.05 Å². The summed E-state index contributed by atoms with van der Waals surface area (Å²) in [6.07, 6.45) is 6.78. The molecule has 0 heterocycles. The van der Waals surface area contributed by atoms with Crippen LogP contribution in [0.1, 0.15) is 38.5 Å². The van der Waals surface area contributed by atoms with E-state index in [0.29, 0.717) is 11.8 Å². The van der Waals surface area contributed by atoms with E-state index in [4.69, 9.17) is 9.05 Å². The third-order valence-electron chi connectivity index (χ3n) is 5.02. The number of halogens is 1. The van der Waals surface area contributed by atoms with Crippen molar-refractivity contribution in [1.29, 1.82) is 0 Å². The van der Waals surface area contributed by atoms with Crippen LogP contribution in [-0.2, 0) is 13.6 Å². The van der Waals surface area contributed by atoms with Gasteiger partial charge in [-0.3, -0.25) is 4.57 Å². The summed E-state index contributed by atoms with van der Waals surface area (Å²) < 4.78 is 23.7. The molecule has 2 atom stereocenters. The molecule has 0 aromatic heterocycles. The topological polar surface area (TPSA) is 35.5 Å². The van der Waals surface area contributed by atoms with E-state index >= 15 is 0 Å². The second-order valence-corrected chi connectivity index (χ2v) is 10.6. The fraction of sp³-hybridized carbons (Fsp3) is 1.00. The van der Waals surface area contributed by atoms with Crippen LogP contribution in [0.2, 0.25) is 0 Å². The molecule has 0 aromatic carbocycles. The van der Waals surface area contributed by atoms with Crippen LogP contribution in [0.5, 0.6) is 0 Å².